The van der Waals surface area contributed by atoms with Crippen LogP contribution in [0, 0.1) is 5.41 Å². The van der Waals surface area contributed by atoms with Gasteiger partial charge in [-0.05, 0) is 44.4 Å². The Hall–Kier alpha value is -2.61. The Morgan fingerprint density at radius 2 is 1.90 bits per heavy atom. The van der Waals surface area contributed by atoms with Crippen molar-refractivity contribution in [2.75, 3.05) is 5.32 Å². The normalized spacial score (nSPS) is 24.6. The Morgan fingerprint density at radius 3 is 2.55 bits per heavy atom. The van der Waals surface area contributed by atoms with Gasteiger partial charge in [0.25, 0.3) is 0 Å². The van der Waals surface area contributed by atoms with Gasteiger partial charge in [-0.25, -0.2) is 9.59 Å². The van der Waals surface area contributed by atoms with E-state index in [9.17, 15) is 14.4 Å². The van der Waals surface area contributed by atoms with E-state index in [4.69, 9.17) is 15.2 Å². The van der Waals surface area contributed by atoms with Crippen LogP contribution in [0.25, 0.3) is 0 Å². The quantitative estimate of drug-likeness (QED) is 0.578. The van der Waals surface area contributed by atoms with E-state index >= 15 is 0 Å². The Balaban J connectivity index is 2.05. The van der Waals surface area contributed by atoms with Crippen LogP contribution >= 0.6 is 15.9 Å². The Morgan fingerprint density at radius 1 is 1.23 bits per heavy atom. The summed E-state index contributed by atoms with van der Waals surface area (Å²) >= 11 is 3.44. The number of hydrogen-bond donors (Lipinski definition) is 2. The van der Waals surface area contributed by atoms with Gasteiger partial charge in [0.1, 0.15) is 22.8 Å². The third-order valence-corrected chi connectivity index (χ3v) is 6.13. The fraction of sp³-hybridized carbons (Fsp3) is 0.435. The Kier molecular flexibility index (Phi) is 4.67. The maximum atomic E-state index is 13.6. The molecule has 0 bridgehead atoms. The van der Waals surface area contributed by atoms with E-state index in [1.807, 2.05) is 13.8 Å². The molecule has 1 atom stereocenters. The number of rotatable bonds is 1. The minimum Gasteiger partial charge on any atom is -0.456 e. The predicted octanol–water partition coefficient (Wildman–Crippen LogP) is 3.82. The van der Waals surface area contributed by atoms with Gasteiger partial charge < -0.3 is 20.5 Å². The summed E-state index contributed by atoms with van der Waals surface area (Å²) in [5.41, 5.74) is 4.35. The standard InChI is InChI=1S/C23H25BrN2O5/c1-21(2,3)31-19(28)17-18(25)26-13-7-6-11(24)8-12(13)23(17)16-14(27)9-22(4,5)10-15(16)30-20(23)29/h6-8,26H,9-10,25H2,1-5H3/t23-/m0/s1. The van der Waals surface area contributed by atoms with Crippen LogP contribution in [0.1, 0.15) is 53.0 Å². The second kappa shape index (κ2) is 6.69. The van der Waals surface area contributed by atoms with Gasteiger partial charge in [-0.2, -0.15) is 0 Å². The van der Waals surface area contributed by atoms with Crippen LogP contribution < -0.4 is 11.1 Å². The summed E-state index contributed by atoms with van der Waals surface area (Å²) < 4.78 is 12.0. The smallest absolute Gasteiger partial charge is 0.340 e. The number of allylic oxidation sites excluding steroid dienone is 1. The van der Waals surface area contributed by atoms with Crippen LogP contribution in [-0.4, -0.2) is 23.3 Å². The Labute approximate surface area is 189 Å². The SMILES string of the molecule is CC1(C)CC(=O)C2=C(C1)OC(=O)[C@]21C(C(=O)OC(C)(C)C)=C(N)Nc2ccc(Br)cc21. The van der Waals surface area contributed by atoms with Crippen molar-refractivity contribution in [3.8, 4) is 0 Å². The van der Waals surface area contributed by atoms with Crippen molar-refractivity contribution < 1.29 is 23.9 Å². The average Bonchev–Trinajstić information content (AvgIpc) is 2.85. The molecule has 3 aliphatic rings. The molecule has 0 saturated heterocycles. The molecule has 1 aliphatic carbocycles. The zero-order chi connectivity index (χ0) is 22.9. The molecule has 164 valence electrons. The molecular weight excluding hydrogens is 464 g/mol. The molecule has 1 aromatic rings. The fourth-order valence-corrected chi connectivity index (χ4v) is 4.96. The van der Waals surface area contributed by atoms with Crippen LogP contribution in [0.5, 0.6) is 0 Å². The van der Waals surface area contributed by atoms with Gasteiger partial charge in [-0.1, -0.05) is 29.8 Å². The molecule has 31 heavy (non-hydrogen) atoms. The van der Waals surface area contributed by atoms with E-state index in [1.165, 1.54) is 0 Å². The number of Topliss-reactive ketones (excluding diaryl/α,β-unsaturated/α-hetero) is 1. The lowest BCUT2D eigenvalue weighted by atomic mass is 9.62. The molecule has 1 aromatic carbocycles. The molecule has 0 amide bonds. The van der Waals surface area contributed by atoms with Crippen LogP contribution in [0.3, 0.4) is 0 Å². The molecule has 1 spiro atoms. The first-order valence-electron chi connectivity index (χ1n) is 10.1. The van der Waals surface area contributed by atoms with Crippen LogP contribution in [-0.2, 0) is 29.3 Å². The number of carbonyl (C=O) groups excluding carboxylic acids is 3. The van der Waals surface area contributed by atoms with Gasteiger partial charge >= 0.3 is 11.9 Å². The molecule has 0 unspecified atom stereocenters. The van der Waals surface area contributed by atoms with E-state index in [0.29, 0.717) is 27.9 Å². The molecule has 0 radical (unpaired) electrons. The van der Waals surface area contributed by atoms with Gasteiger partial charge in [0.15, 0.2) is 11.2 Å². The second-order valence-electron chi connectivity index (χ2n) is 9.98. The molecule has 8 heteroatoms. The molecule has 3 N–H and O–H groups in total. The van der Waals surface area contributed by atoms with Crippen LogP contribution in [0.4, 0.5) is 5.69 Å². The first-order valence-corrected chi connectivity index (χ1v) is 10.9. The number of fused-ring (bicyclic) bond motifs is 3. The molecule has 4 rings (SSSR count). The lowest BCUT2D eigenvalue weighted by molar-refractivity contribution is -0.153. The molecular formula is C23H25BrN2O5. The molecule has 0 aromatic heterocycles. The highest BCUT2D eigenvalue weighted by Gasteiger charge is 2.64. The number of ether oxygens (including phenoxy) is 2. The van der Waals surface area contributed by atoms with E-state index < -0.39 is 23.0 Å². The summed E-state index contributed by atoms with van der Waals surface area (Å²) in [6, 6.07) is 5.24. The first-order chi connectivity index (χ1) is 14.3. The van der Waals surface area contributed by atoms with Crippen molar-refractivity contribution >= 4 is 39.3 Å². The largest absolute Gasteiger partial charge is 0.456 e. The number of carbonyl (C=O) groups is 3. The third-order valence-electron chi connectivity index (χ3n) is 5.64. The van der Waals surface area contributed by atoms with Crippen molar-refractivity contribution in [2.24, 2.45) is 11.1 Å². The number of nitrogens with two attached hydrogens (primary N) is 1. The summed E-state index contributed by atoms with van der Waals surface area (Å²) in [5, 5.41) is 3.00. The summed E-state index contributed by atoms with van der Waals surface area (Å²) in [6.45, 7) is 9.06. The monoisotopic (exact) mass is 488 g/mol. The highest BCUT2D eigenvalue weighted by molar-refractivity contribution is 9.10. The zero-order valence-electron chi connectivity index (χ0n) is 18.1. The van der Waals surface area contributed by atoms with E-state index in [1.54, 1.807) is 39.0 Å². The third kappa shape index (κ3) is 3.28. The van der Waals surface area contributed by atoms with Crippen molar-refractivity contribution in [3.05, 3.63) is 51.0 Å². The highest BCUT2D eigenvalue weighted by Crippen LogP contribution is 2.57. The van der Waals surface area contributed by atoms with E-state index in [0.717, 1.165) is 0 Å². The number of hydrogen-bond acceptors (Lipinski definition) is 7. The van der Waals surface area contributed by atoms with Crippen LogP contribution in [0.15, 0.2) is 45.4 Å². The summed E-state index contributed by atoms with van der Waals surface area (Å²) in [6.07, 6.45) is 0.627. The molecule has 0 saturated carbocycles. The Bertz CT molecular complexity index is 1110. The maximum Gasteiger partial charge on any atom is 0.340 e. The van der Waals surface area contributed by atoms with E-state index in [-0.39, 0.29) is 34.6 Å². The number of esters is 2. The zero-order valence-corrected chi connectivity index (χ0v) is 19.7. The van der Waals surface area contributed by atoms with Gasteiger partial charge in [-0.15, -0.1) is 0 Å². The molecule has 2 aliphatic heterocycles. The maximum absolute atomic E-state index is 13.6. The van der Waals surface area contributed by atoms with Crippen LogP contribution in [0.2, 0.25) is 0 Å². The van der Waals surface area contributed by atoms with Crippen molar-refractivity contribution in [1.29, 1.82) is 0 Å². The van der Waals surface area contributed by atoms with Gasteiger partial charge in [-0.3, -0.25) is 4.79 Å². The summed E-state index contributed by atoms with van der Waals surface area (Å²) in [4.78, 5) is 40.4. The second-order valence-corrected chi connectivity index (χ2v) is 10.9. The summed E-state index contributed by atoms with van der Waals surface area (Å²) in [5.74, 6) is -1.46. The molecule has 2 heterocycles. The van der Waals surface area contributed by atoms with Gasteiger partial charge in [0.05, 0.1) is 5.57 Å². The van der Waals surface area contributed by atoms with Crippen molar-refractivity contribution in [3.63, 3.8) is 0 Å². The fourth-order valence-electron chi connectivity index (χ4n) is 4.60. The topological polar surface area (TPSA) is 108 Å². The van der Waals surface area contributed by atoms with Gasteiger partial charge in [0.2, 0.25) is 0 Å². The number of anilines is 1. The minimum absolute atomic E-state index is 0.0348. The number of nitrogens with one attached hydrogen (secondary N) is 1. The minimum atomic E-state index is -1.78. The lowest BCUT2D eigenvalue weighted by Gasteiger charge is -2.38. The van der Waals surface area contributed by atoms with E-state index in [2.05, 4.69) is 21.2 Å². The molecule has 0 fully saturated rings. The van der Waals surface area contributed by atoms with Crippen molar-refractivity contribution in [1.82, 2.24) is 0 Å². The summed E-state index contributed by atoms with van der Waals surface area (Å²) in [7, 11) is 0. The number of benzene rings is 1. The lowest BCUT2D eigenvalue weighted by Crippen LogP contribution is -2.49. The number of ketones is 1. The van der Waals surface area contributed by atoms with Gasteiger partial charge in [0, 0.05) is 28.6 Å². The first kappa shape index (κ1) is 21.6. The highest BCUT2D eigenvalue weighted by atomic mass is 79.9. The van der Waals surface area contributed by atoms with Crippen molar-refractivity contribution in [2.45, 2.75) is 58.5 Å². The molecule has 7 nitrogen and oxygen atoms in total. The average molecular weight is 489 g/mol. The predicted molar refractivity (Wildman–Crippen MR) is 118 cm³/mol. The number of halogens is 1.